The Kier molecular flexibility index (Phi) is 5.56. The van der Waals surface area contributed by atoms with Gasteiger partial charge in [0.2, 0.25) is 0 Å². The van der Waals surface area contributed by atoms with Crippen LogP contribution in [0.1, 0.15) is 16.2 Å². The normalized spacial score (nSPS) is 14.6. The van der Waals surface area contributed by atoms with Crippen molar-refractivity contribution in [2.45, 2.75) is 6.42 Å². The van der Waals surface area contributed by atoms with E-state index in [-0.39, 0.29) is 12.2 Å². The molecule has 1 saturated heterocycles. The van der Waals surface area contributed by atoms with Crippen LogP contribution in [0, 0.1) is 0 Å². The number of aromatic nitrogens is 4. The number of piperazine rings is 1. The number of nitrogens with zero attached hydrogens (tertiary/aromatic N) is 6. The molecule has 1 fully saturated rings. The van der Waals surface area contributed by atoms with E-state index in [0.29, 0.717) is 11.4 Å². The largest absolute Gasteiger partial charge is 0.354 e. The molecule has 0 unspecified atom stereocenters. The SMILES string of the molecule is CN1CCN(c2cc(C(=O)Cc3ncc4ccc(-c5ccncc5)cc4n3)ccn2)CC1. The first kappa shape index (κ1) is 20.2. The van der Waals surface area contributed by atoms with E-state index < -0.39 is 0 Å². The minimum absolute atomic E-state index is 0.00702. The summed E-state index contributed by atoms with van der Waals surface area (Å²) in [5, 5.41) is 0.945. The summed E-state index contributed by atoms with van der Waals surface area (Å²) < 4.78 is 0. The molecular weight excluding hydrogens is 400 g/mol. The summed E-state index contributed by atoms with van der Waals surface area (Å²) >= 11 is 0. The highest BCUT2D eigenvalue weighted by Crippen LogP contribution is 2.23. The van der Waals surface area contributed by atoms with Crippen molar-refractivity contribution in [1.29, 1.82) is 0 Å². The molecule has 0 N–H and O–H groups in total. The smallest absolute Gasteiger partial charge is 0.170 e. The van der Waals surface area contributed by atoms with Gasteiger partial charge in [-0.05, 0) is 48.5 Å². The lowest BCUT2D eigenvalue weighted by Crippen LogP contribution is -2.44. The lowest BCUT2D eigenvalue weighted by molar-refractivity contribution is 0.0991. The molecule has 0 radical (unpaired) electrons. The molecule has 32 heavy (non-hydrogen) atoms. The Morgan fingerprint density at radius 2 is 1.72 bits per heavy atom. The zero-order valence-electron chi connectivity index (χ0n) is 18.0. The molecule has 160 valence electrons. The van der Waals surface area contributed by atoms with Crippen molar-refractivity contribution in [2.75, 3.05) is 38.1 Å². The molecule has 1 aliphatic rings. The molecule has 1 aliphatic heterocycles. The molecule has 5 rings (SSSR count). The van der Waals surface area contributed by atoms with Gasteiger partial charge in [-0.3, -0.25) is 9.78 Å². The summed E-state index contributed by atoms with van der Waals surface area (Å²) in [6, 6.07) is 13.7. The fourth-order valence-electron chi connectivity index (χ4n) is 3.92. The summed E-state index contributed by atoms with van der Waals surface area (Å²) in [7, 11) is 2.12. The fraction of sp³-hybridized carbons (Fsp3) is 0.240. The van der Waals surface area contributed by atoms with E-state index in [1.54, 1.807) is 30.9 Å². The van der Waals surface area contributed by atoms with E-state index in [2.05, 4.69) is 36.8 Å². The number of hydrogen-bond donors (Lipinski definition) is 0. The molecule has 1 aromatic carbocycles. The number of benzene rings is 1. The van der Waals surface area contributed by atoms with E-state index >= 15 is 0 Å². The van der Waals surface area contributed by atoms with Gasteiger partial charge < -0.3 is 9.80 Å². The van der Waals surface area contributed by atoms with Crippen LogP contribution in [-0.2, 0) is 6.42 Å². The van der Waals surface area contributed by atoms with Crippen LogP contribution in [0.4, 0.5) is 5.82 Å². The summed E-state index contributed by atoms with van der Waals surface area (Å²) in [5.41, 5.74) is 3.60. The minimum Gasteiger partial charge on any atom is -0.354 e. The predicted octanol–water partition coefficient (Wildman–Crippen LogP) is 3.26. The highest BCUT2D eigenvalue weighted by atomic mass is 16.1. The lowest BCUT2D eigenvalue weighted by Gasteiger charge is -2.33. The van der Waals surface area contributed by atoms with Crippen LogP contribution < -0.4 is 4.90 Å². The maximum absolute atomic E-state index is 13.0. The Bertz CT molecular complexity index is 1250. The van der Waals surface area contributed by atoms with Crippen LogP contribution in [-0.4, -0.2) is 63.8 Å². The molecule has 0 aliphatic carbocycles. The van der Waals surface area contributed by atoms with Crippen LogP contribution in [0.3, 0.4) is 0 Å². The second-order valence-corrected chi connectivity index (χ2v) is 8.09. The van der Waals surface area contributed by atoms with Gasteiger partial charge >= 0.3 is 0 Å². The maximum atomic E-state index is 13.0. The van der Waals surface area contributed by atoms with Crippen LogP contribution in [0.2, 0.25) is 0 Å². The topological polar surface area (TPSA) is 75.1 Å². The molecule has 4 aromatic rings. The van der Waals surface area contributed by atoms with Crippen molar-refractivity contribution < 1.29 is 4.79 Å². The summed E-state index contributed by atoms with van der Waals surface area (Å²) in [5.74, 6) is 1.37. The third kappa shape index (κ3) is 4.33. The number of carbonyl (C=O) groups excluding carboxylic acids is 1. The van der Waals surface area contributed by atoms with Gasteiger partial charge in [0.15, 0.2) is 5.78 Å². The average molecular weight is 425 g/mol. The quantitative estimate of drug-likeness (QED) is 0.455. The zero-order valence-corrected chi connectivity index (χ0v) is 18.0. The van der Waals surface area contributed by atoms with E-state index in [9.17, 15) is 4.79 Å². The van der Waals surface area contributed by atoms with E-state index in [0.717, 1.165) is 54.0 Å². The molecule has 3 aromatic heterocycles. The van der Waals surface area contributed by atoms with Crippen LogP contribution in [0.15, 0.2) is 67.3 Å². The van der Waals surface area contributed by atoms with Gasteiger partial charge in [0.1, 0.15) is 11.6 Å². The highest BCUT2D eigenvalue weighted by molar-refractivity contribution is 5.98. The Morgan fingerprint density at radius 1 is 0.906 bits per heavy atom. The standard InChI is InChI=1S/C25H24N6O/c1-30-10-12-31(13-11-30)25-15-20(6-9-27-25)23(32)16-24-28-17-21-3-2-19(14-22(21)29-24)18-4-7-26-8-5-18/h2-9,14-15,17H,10-13,16H2,1H3. The van der Waals surface area contributed by atoms with Gasteiger partial charge in [0.25, 0.3) is 0 Å². The van der Waals surface area contributed by atoms with Crippen molar-refractivity contribution in [2.24, 2.45) is 0 Å². The summed E-state index contributed by atoms with van der Waals surface area (Å²) in [6.45, 7) is 3.81. The molecule has 0 bridgehead atoms. The number of carbonyl (C=O) groups is 1. The van der Waals surface area contributed by atoms with Gasteiger partial charge in [-0.1, -0.05) is 12.1 Å². The van der Waals surface area contributed by atoms with Gasteiger partial charge in [-0.15, -0.1) is 0 Å². The van der Waals surface area contributed by atoms with Crippen molar-refractivity contribution >= 4 is 22.5 Å². The average Bonchev–Trinajstić information content (AvgIpc) is 2.84. The first-order chi connectivity index (χ1) is 15.7. The van der Waals surface area contributed by atoms with E-state index in [1.807, 2.05) is 36.4 Å². The molecule has 0 spiro atoms. The third-order valence-corrected chi connectivity index (χ3v) is 5.86. The van der Waals surface area contributed by atoms with Crippen molar-refractivity contribution in [3.05, 3.63) is 78.6 Å². The van der Waals surface area contributed by atoms with Gasteiger partial charge in [-0.25, -0.2) is 15.0 Å². The van der Waals surface area contributed by atoms with Crippen molar-refractivity contribution in [1.82, 2.24) is 24.8 Å². The molecule has 0 atom stereocenters. The minimum atomic E-state index is -0.00702. The molecule has 4 heterocycles. The summed E-state index contributed by atoms with van der Waals surface area (Å²) in [6.07, 6.45) is 7.19. The molecule has 7 nitrogen and oxygen atoms in total. The van der Waals surface area contributed by atoms with Gasteiger partial charge in [0, 0.05) is 61.9 Å². The number of hydrogen-bond acceptors (Lipinski definition) is 7. The van der Waals surface area contributed by atoms with Crippen LogP contribution in [0.5, 0.6) is 0 Å². The second kappa shape index (κ2) is 8.80. The van der Waals surface area contributed by atoms with Crippen LogP contribution >= 0.6 is 0 Å². The van der Waals surface area contributed by atoms with E-state index in [1.165, 1.54) is 0 Å². The number of pyridine rings is 2. The third-order valence-electron chi connectivity index (χ3n) is 5.86. The lowest BCUT2D eigenvalue weighted by atomic mass is 10.1. The highest BCUT2D eigenvalue weighted by Gasteiger charge is 2.17. The molecule has 0 amide bonds. The Labute approximate surface area is 186 Å². The number of fused-ring (bicyclic) bond motifs is 1. The summed E-state index contributed by atoms with van der Waals surface area (Å²) in [4.78, 5) is 35.1. The maximum Gasteiger partial charge on any atom is 0.170 e. The number of ketones is 1. The second-order valence-electron chi connectivity index (χ2n) is 8.09. The van der Waals surface area contributed by atoms with Crippen molar-refractivity contribution in [3.63, 3.8) is 0 Å². The number of likely N-dealkylation sites (N-methyl/N-ethyl adjacent to an activating group) is 1. The molecular formula is C25H24N6O. The van der Waals surface area contributed by atoms with Crippen molar-refractivity contribution in [3.8, 4) is 11.1 Å². The molecule has 0 saturated carbocycles. The van der Waals surface area contributed by atoms with Gasteiger partial charge in [0.05, 0.1) is 11.9 Å². The Balaban J connectivity index is 1.36. The van der Waals surface area contributed by atoms with Gasteiger partial charge in [-0.2, -0.15) is 0 Å². The first-order valence-corrected chi connectivity index (χ1v) is 10.7. The molecule has 7 heteroatoms. The number of rotatable bonds is 5. The number of anilines is 1. The Morgan fingerprint density at radius 3 is 2.53 bits per heavy atom. The number of Topliss-reactive ketones (excluding diaryl/α,β-unsaturated/α-hetero) is 1. The monoisotopic (exact) mass is 424 g/mol. The first-order valence-electron chi connectivity index (χ1n) is 10.7. The zero-order chi connectivity index (χ0) is 21.9. The fourth-order valence-corrected chi connectivity index (χ4v) is 3.92. The Hall–Kier alpha value is -3.71. The predicted molar refractivity (Wildman–Crippen MR) is 125 cm³/mol. The van der Waals surface area contributed by atoms with Crippen LogP contribution in [0.25, 0.3) is 22.0 Å². The van der Waals surface area contributed by atoms with E-state index in [4.69, 9.17) is 0 Å².